The number of carbonyl (C=O) groups excluding carboxylic acids is 1. The summed E-state index contributed by atoms with van der Waals surface area (Å²) < 4.78 is 6.74. The molecule has 0 spiro atoms. The van der Waals surface area contributed by atoms with Crippen molar-refractivity contribution < 1.29 is 9.21 Å². The maximum Gasteiger partial charge on any atom is 0.293 e. The number of halogens is 3. The molecule has 10 heteroatoms. The number of benzene rings is 3. The molecule has 0 fully saturated rings. The standard InChI is InChI=1S/C25H14Cl3N3O2S2/c26-16-9-8-13(12-15(16)24-30-18-6-1-2-7-21(18)35-24)29-25(34)31-23(32)20-11-10-19(33-20)14-4-3-5-17(27)22(14)28/h1-12H,(H2,29,31,32,34). The van der Waals surface area contributed by atoms with Crippen molar-refractivity contribution in [2.75, 3.05) is 5.32 Å². The summed E-state index contributed by atoms with van der Waals surface area (Å²) in [5.74, 6) is -0.0153. The summed E-state index contributed by atoms with van der Waals surface area (Å²) in [6.45, 7) is 0. The highest BCUT2D eigenvalue weighted by atomic mass is 35.5. The number of anilines is 1. The fraction of sp³-hybridized carbons (Fsp3) is 0. The first-order valence-corrected chi connectivity index (χ1v) is 12.6. The summed E-state index contributed by atoms with van der Waals surface area (Å²) in [6, 6.07) is 21.6. The van der Waals surface area contributed by atoms with Crippen LogP contribution in [0.5, 0.6) is 0 Å². The van der Waals surface area contributed by atoms with E-state index in [1.165, 1.54) is 6.07 Å². The van der Waals surface area contributed by atoms with E-state index < -0.39 is 5.91 Å². The number of fused-ring (bicyclic) bond motifs is 1. The summed E-state index contributed by atoms with van der Waals surface area (Å²) in [4.78, 5) is 17.3. The van der Waals surface area contributed by atoms with Crippen LogP contribution in [0.1, 0.15) is 10.6 Å². The molecule has 0 atom stereocenters. The predicted molar refractivity (Wildman–Crippen MR) is 148 cm³/mol. The zero-order chi connectivity index (χ0) is 24.5. The Morgan fingerprint density at radius 2 is 1.74 bits per heavy atom. The summed E-state index contributed by atoms with van der Waals surface area (Å²) in [5, 5.41) is 7.81. The second kappa shape index (κ2) is 9.97. The molecule has 3 aromatic carbocycles. The van der Waals surface area contributed by atoms with E-state index in [1.807, 2.05) is 30.3 Å². The molecule has 5 rings (SSSR count). The minimum atomic E-state index is -0.507. The quantitative estimate of drug-likeness (QED) is 0.217. The Bertz CT molecular complexity index is 1560. The van der Waals surface area contributed by atoms with Crippen LogP contribution in [-0.2, 0) is 0 Å². The summed E-state index contributed by atoms with van der Waals surface area (Å²) in [5.41, 5.74) is 2.91. The Morgan fingerprint density at radius 1 is 0.914 bits per heavy atom. The number of thiazole rings is 1. The third-order valence-corrected chi connectivity index (χ3v) is 7.44. The number of furan rings is 1. The molecule has 0 aliphatic rings. The van der Waals surface area contributed by atoms with Gasteiger partial charge in [0.25, 0.3) is 5.91 Å². The SMILES string of the molecule is O=C(NC(=S)Nc1ccc(Cl)c(-c2nc3ccccc3s2)c1)c1ccc(-c2cccc(Cl)c2Cl)o1. The van der Waals surface area contributed by atoms with Crippen molar-refractivity contribution in [2.45, 2.75) is 0 Å². The molecular weight excluding hydrogens is 545 g/mol. The highest BCUT2D eigenvalue weighted by Gasteiger charge is 2.17. The number of nitrogens with zero attached hydrogens (tertiary/aromatic N) is 1. The number of aromatic nitrogens is 1. The van der Waals surface area contributed by atoms with E-state index in [0.29, 0.717) is 32.1 Å². The van der Waals surface area contributed by atoms with E-state index in [4.69, 9.17) is 51.4 Å². The van der Waals surface area contributed by atoms with Gasteiger partial charge < -0.3 is 9.73 Å². The lowest BCUT2D eigenvalue weighted by Crippen LogP contribution is -2.33. The van der Waals surface area contributed by atoms with Gasteiger partial charge in [-0.25, -0.2) is 4.98 Å². The van der Waals surface area contributed by atoms with Crippen LogP contribution in [0.4, 0.5) is 5.69 Å². The van der Waals surface area contributed by atoms with Crippen molar-refractivity contribution in [3.63, 3.8) is 0 Å². The summed E-state index contributed by atoms with van der Waals surface area (Å²) in [6.07, 6.45) is 0. The van der Waals surface area contributed by atoms with Gasteiger partial charge in [-0.2, -0.15) is 0 Å². The minimum Gasteiger partial charge on any atom is -0.451 e. The van der Waals surface area contributed by atoms with Crippen LogP contribution in [0.15, 0.2) is 77.2 Å². The highest BCUT2D eigenvalue weighted by molar-refractivity contribution is 7.80. The number of thiocarbonyl (C=S) groups is 1. The van der Waals surface area contributed by atoms with Gasteiger partial charge in [-0.3, -0.25) is 10.1 Å². The van der Waals surface area contributed by atoms with Gasteiger partial charge in [0.05, 0.1) is 25.3 Å². The molecule has 0 aliphatic heterocycles. The smallest absolute Gasteiger partial charge is 0.293 e. The lowest BCUT2D eigenvalue weighted by molar-refractivity contribution is 0.0951. The van der Waals surface area contributed by atoms with Crippen LogP contribution < -0.4 is 10.6 Å². The van der Waals surface area contributed by atoms with Gasteiger partial charge in [-0.1, -0.05) is 53.0 Å². The molecular formula is C25H14Cl3N3O2S2. The van der Waals surface area contributed by atoms with E-state index >= 15 is 0 Å². The van der Waals surface area contributed by atoms with Crippen molar-refractivity contribution in [2.24, 2.45) is 0 Å². The first-order valence-electron chi connectivity index (χ1n) is 10.2. The van der Waals surface area contributed by atoms with E-state index in [-0.39, 0.29) is 10.9 Å². The molecule has 5 nitrogen and oxygen atoms in total. The summed E-state index contributed by atoms with van der Waals surface area (Å²) >= 11 is 25.6. The molecule has 0 saturated carbocycles. The highest BCUT2D eigenvalue weighted by Crippen LogP contribution is 2.36. The van der Waals surface area contributed by atoms with Crippen molar-refractivity contribution in [3.8, 4) is 21.9 Å². The number of hydrogen-bond acceptors (Lipinski definition) is 5. The maximum absolute atomic E-state index is 12.7. The molecule has 174 valence electrons. The Kier molecular flexibility index (Phi) is 6.77. The molecule has 2 N–H and O–H groups in total. The van der Waals surface area contributed by atoms with Crippen molar-refractivity contribution in [3.05, 3.63) is 93.6 Å². The lowest BCUT2D eigenvalue weighted by atomic mass is 10.2. The number of carbonyl (C=O) groups is 1. The van der Waals surface area contributed by atoms with Gasteiger partial charge in [-0.05, 0) is 66.8 Å². The third kappa shape index (κ3) is 5.05. The zero-order valence-electron chi connectivity index (χ0n) is 17.6. The van der Waals surface area contributed by atoms with Crippen LogP contribution in [0.2, 0.25) is 15.1 Å². The lowest BCUT2D eigenvalue weighted by Gasteiger charge is -2.10. The van der Waals surface area contributed by atoms with Crippen molar-refractivity contribution in [1.29, 1.82) is 0 Å². The molecule has 0 aliphatic carbocycles. The van der Waals surface area contributed by atoms with Crippen LogP contribution in [0, 0.1) is 0 Å². The van der Waals surface area contributed by atoms with Crippen molar-refractivity contribution in [1.82, 2.24) is 10.3 Å². The van der Waals surface area contributed by atoms with Crippen LogP contribution in [-0.4, -0.2) is 16.0 Å². The zero-order valence-corrected chi connectivity index (χ0v) is 21.5. The van der Waals surface area contributed by atoms with Crippen LogP contribution >= 0.6 is 58.4 Å². The van der Waals surface area contributed by atoms with Gasteiger partial charge >= 0.3 is 0 Å². The van der Waals surface area contributed by atoms with Crippen LogP contribution in [0.25, 0.3) is 32.1 Å². The fourth-order valence-corrected chi connectivity index (χ4v) is 5.24. The Labute approximate surface area is 224 Å². The maximum atomic E-state index is 12.7. The largest absolute Gasteiger partial charge is 0.451 e. The molecule has 35 heavy (non-hydrogen) atoms. The first kappa shape index (κ1) is 23.8. The number of amides is 1. The van der Waals surface area contributed by atoms with Gasteiger partial charge in [-0.15, -0.1) is 11.3 Å². The fourth-order valence-electron chi connectivity index (χ4n) is 3.38. The van der Waals surface area contributed by atoms with Crippen molar-refractivity contribution >= 4 is 85.3 Å². The van der Waals surface area contributed by atoms with Gasteiger partial charge in [0.2, 0.25) is 0 Å². The molecule has 5 aromatic rings. The normalized spacial score (nSPS) is 10.9. The third-order valence-electron chi connectivity index (χ3n) is 5.02. The first-order chi connectivity index (χ1) is 16.9. The van der Waals surface area contributed by atoms with Crippen LogP contribution in [0.3, 0.4) is 0 Å². The number of rotatable bonds is 4. The topological polar surface area (TPSA) is 67.2 Å². The van der Waals surface area contributed by atoms with E-state index in [0.717, 1.165) is 20.8 Å². The predicted octanol–water partition coefficient (Wildman–Crippen LogP) is 8.31. The summed E-state index contributed by atoms with van der Waals surface area (Å²) in [7, 11) is 0. The number of hydrogen-bond donors (Lipinski definition) is 2. The number of nitrogens with one attached hydrogen (secondary N) is 2. The van der Waals surface area contributed by atoms with Gasteiger partial charge in [0.1, 0.15) is 10.8 Å². The van der Waals surface area contributed by atoms with Gasteiger partial charge in [0.15, 0.2) is 10.9 Å². The Balaban J connectivity index is 1.30. The van der Waals surface area contributed by atoms with Gasteiger partial charge in [0, 0.05) is 16.8 Å². The molecule has 0 unspecified atom stereocenters. The molecule has 1 amide bonds. The average Bonchev–Trinajstić information content (AvgIpc) is 3.49. The van der Waals surface area contributed by atoms with E-state index in [9.17, 15) is 4.79 Å². The second-order valence-electron chi connectivity index (χ2n) is 7.35. The molecule has 2 heterocycles. The Hall–Kier alpha value is -2.94. The molecule has 0 radical (unpaired) electrons. The average molecular weight is 559 g/mol. The molecule has 2 aromatic heterocycles. The minimum absolute atomic E-state index is 0.0754. The monoisotopic (exact) mass is 557 g/mol. The Morgan fingerprint density at radius 3 is 2.57 bits per heavy atom. The molecule has 0 saturated heterocycles. The second-order valence-corrected chi connectivity index (χ2v) is 9.99. The number of para-hydroxylation sites is 1. The van der Waals surface area contributed by atoms with E-state index in [2.05, 4.69) is 15.6 Å². The molecule has 0 bridgehead atoms. The van der Waals surface area contributed by atoms with E-state index in [1.54, 1.807) is 47.7 Å².